The molecule has 0 unspecified atom stereocenters. The van der Waals surface area contributed by atoms with Gasteiger partial charge in [0.2, 0.25) is 0 Å². The first-order valence-electron chi connectivity index (χ1n) is 11.9. The standard InChI is InChI=1S/C28H29N3O4/c1-28(2,3)35-25(32)17-31-26(19-8-4-5-9-19)30-16-22(27(31)33)29-15-18-12-13-24-21(14-18)20-10-6-7-11-23(20)34-24/h6-8,10-14,16,29H,4-5,9,15,17H2,1-3H3. The fraction of sp³-hybridized carbons (Fsp3) is 0.321. The zero-order chi connectivity index (χ0) is 24.6. The topological polar surface area (TPSA) is 86.4 Å². The van der Waals surface area contributed by atoms with Crippen molar-refractivity contribution in [2.45, 2.75) is 58.7 Å². The van der Waals surface area contributed by atoms with Crippen molar-refractivity contribution >= 4 is 39.2 Å². The molecule has 7 heteroatoms. The average molecular weight is 472 g/mol. The van der Waals surface area contributed by atoms with E-state index in [-0.39, 0.29) is 12.1 Å². The molecule has 0 spiro atoms. The molecule has 180 valence electrons. The molecule has 1 aliphatic carbocycles. The Morgan fingerprint density at radius 1 is 1.14 bits per heavy atom. The van der Waals surface area contributed by atoms with E-state index in [0.717, 1.165) is 52.3 Å². The van der Waals surface area contributed by atoms with E-state index in [2.05, 4.69) is 22.4 Å². The average Bonchev–Trinajstić information content (AvgIpc) is 3.46. The molecular weight excluding hydrogens is 442 g/mol. The molecule has 0 saturated heterocycles. The Labute approximate surface area is 203 Å². The van der Waals surface area contributed by atoms with E-state index < -0.39 is 11.6 Å². The summed E-state index contributed by atoms with van der Waals surface area (Å²) in [5, 5.41) is 5.30. The van der Waals surface area contributed by atoms with Crippen LogP contribution in [0.15, 0.2) is 63.9 Å². The Morgan fingerprint density at radius 3 is 2.71 bits per heavy atom. The van der Waals surface area contributed by atoms with Crippen molar-refractivity contribution in [3.8, 4) is 0 Å². The van der Waals surface area contributed by atoms with Gasteiger partial charge in [-0.1, -0.05) is 30.3 Å². The fourth-order valence-corrected chi connectivity index (χ4v) is 4.47. The Hall–Kier alpha value is -3.87. The molecule has 2 aromatic carbocycles. The minimum atomic E-state index is -0.632. The van der Waals surface area contributed by atoms with E-state index in [1.807, 2.05) is 57.2 Å². The summed E-state index contributed by atoms with van der Waals surface area (Å²) in [4.78, 5) is 30.6. The van der Waals surface area contributed by atoms with Crippen LogP contribution in [0.2, 0.25) is 0 Å². The second kappa shape index (κ2) is 9.06. The van der Waals surface area contributed by atoms with Crippen LogP contribution in [0.25, 0.3) is 27.5 Å². The van der Waals surface area contributed by atoms with Gasteiger partial charge in [0.05, 0.1) is 6.20 Å². The lowest BCUT2D eigenvalue weighted by atomic mass is 10.1. The van der Waals surface area contributed by atoms with Crippen LogP contribution in [0, 0.1) is 0 Å². The predicted octanol–water partition coefficient (Wildman–Crippen LogP) is 5.66. The summed E-state index contributed by atoms with van der Waals surface area (Å²) in [6.07, 6.45) is 6.46. The van der Waals surface area contributed by atoms with Gasteiger partial charge in [-0.25, -0.2) is 4.98 Å². The zero-order valence-corrected chi connectivity index (χ0v) is 20.3. The number of fused-ring (bicyclic) bond motifs is 3. The van der Waals surface area contributed by atoms with E-state index in [0.29, 0.717) is 18.1 Å². The summed E-state index contributed by atoms with van der Waals surface area (Å²) in [6.45, 7) is 5.68. The van der Waals surface area contributed by atoms with Crippen molar-refractivity contribution in [2.24, 2.45) is 0 Å². The van der Waals surface area contributed by atoms with Gasteiger partial charge in [-0.2, -0.15) is 0 Å². The predicted molar refractivity (Wildman–Crippen MR) is 137 cm³/mol. The molecule has 0 atom stereocenters. The van der Waals surface area contributed by atoms with Crippen LogP contribution in [-0.4, -0.2) is 21.1 Å². The van der Waals surface area contributed by atoms with Gasteiger partial charge in [-0.3, -0.25) is 14.2 Å². The second-order valence-corrected chi connectivity index (χ2v) is 9.88. The Bertz CT molecular complexity index is 1500. The first kappa shape index (κ1) is 22.9. The Balaban J connectivity index is 1.43. The molecule has 1 aliphatic rings. The number of carbonyl (C=O) groups is 1. The summed E-state index contributed by atoms with van der Waals surface area (Å²) in [6, 6.07) is 13.9. The molecule has 0 amide bonds. The second-order valence-electron chi connectivity index (χ2n) is 9.88. The molecule has 2 aromatic heterocycles. The number of aromatic nitrogens is 2. The normalized spacial score (nSPS) is 13.9. The number of nitrogens with one attached hydrogen (secondary N) is 1. The molecule has 2 heterocycles. The number of carbonyl (C=O) groups excluding carboxylic acids is 1. The first-order valence-corrected chi connectivity index (χ1v) is 11.9. The SMILES string of the molecule is CC(C)(C)OC(=O)Cn1c(C2=CCCC2)ncc(NCc2ccc3oc4ccccc4c3c2)c1=O. The van der Waals surface area contributed by atoms with E-state index >= 15 is 0 Å². The number of rotatable bonds is 6. The number of furan rings is 1. The van der Waals surface area contributed by atoms with E-state index in [9.17, 15) is 9.59 Å². The van der Waals surface area contributed by atoms with Crippen molar-refractivity contribution < 1.29 is 13.9 Å². The summed E-state index contributed by atoms with van der Waals surface area (Å²) < 4.78 is 12.8. The van der Waals surface area contributed by atoms with Gasteiger partial charge >= 0.3 is 5.97 Å². The van der Waals surface area contributed by atoms with Crippen molar-refractivity contribution in [1.29, 1.82) is 0 Å². The van der Waals surface area contributed by atoms with E-state index in [1.165, 1.54) is 4.57 Å². The highest BCUT2D eigenvalue weighted by Gasteiger charge is 2.22. The number of allylic oxidation sites excluding steroid dienone is 2. The zero-order valence-electron chi connectivity index (χ0n) is 20.3. The molecule has 0 radical (unpaired) electrons. The van der Waals surface area contributed by atoms with Gasteiger partial charge in [-0.05, 0) is 69.4 Å². The van der Waals surface area contributed by atoms with Crippen molar-refractivity contribution in [2.75, 3.05) is 5.32 Å². The third-order valence-electron chi connectivity index (χ3n) is 6.01. The van der Waals surface area contributed by atoms with Crippen LogP contribution in [-0.2, 0) is 22.6 Å². The van der Waals surface area contributed by atoms with Crippen LogP contribution in [0.5, 0.6) is 0 Å². The first-order chi connectivity index (χ1) is 16.8. The van der Waals surface area contributed by atoms with Crippen molar-refractivity contribution in [3.05, 3.63) is 76.5 Å². The Morgan fingerprint density at radius 2 is 1.94 bits per heavy atom. The number of hydrogen-bond donors (Lipinski definition) is 1. The molecule has 0 fully saturated rings. The highest BCUT2D eigenvalue weighted by Crippen LogP contribution is 2.29. The molecule has 0 bridgehead atoms. The summed E-state index contributed by atoms with van der Waals surface area (Å²) in [5.74, 6) is 0.0749. The number of nitrogens with zero attached hydrogens (tertiary/aromatic N) is 2. The maximum atomic E-state index is 13.4. The van der Waals surface area contributed by atoms with Crippen LogP contribution in [0.3, 0.4) is 0 Å². The number of para-hydroxylation sites is 1. The number of esters is 1. The largest absolute Gasteiger partial charge is 0.459 e. The van der Waals surface area contributed by atoms with Crippen LogP contribution < -0.4 is 10.9 Å². The molecule has 1 N–H and O–H groups in total. The summed E-state index contributed by atoms with van der Waals surface area (Å²) in [7, 11) is 0. The lowest BCUT2D eigenvalue weighted by Crippen LogP contribution is -2.33. The van der Waals surface area contributed by atoms with Gasteiger partial charge in [0.15, 0.2) is 0 Å². The van der Waals surface area contributed by atoms with Gasteiger partial charge in [0.1, 0.15) is 34.8 Å². The number of anilines is 1. The fourth-order valence-electron chi connectivity index (χ4n) is 4.47. The number of benzene rings is 2. The van der Waals surface area contributed by atoms with Crippen LogP contribution in [0.1, 0.15) is 51.4 Å². The van der Waals surface area contributed by atoms with Crippen LogP contribution >= 0.6 is 0 Å². The maximum Gasteiger partial charge on any atom is 0.326 e. The highest BCUT2D eigenvalue weighted by atomic mass is 16.6. The minimum Gasteiger partial charge on any atom is -0.459 e. The lowest BCUT2D eigenvalue weighted by molar-refractivity contribution is -0.155. The molecule has 4 aromatic rings. The van der Waals surface area contributed by atoms with Gasteiger partial charge in [0, 0.05) is 17.3 Å². The molecule has 5 rings (SSSR count). The molecule has 7 nitrogen and oxygen atoms in total. The van der Waals surface area contributed by atoms with Crippen molar-refractivity contribution in [3.63, 3.8) is 0 Å². The molecule has 0 aliphatic heterocycles. The van der Waals surface area contributed by atoms with E-state index in [1.54, 1.807) is 6.20 Å². The number of ether oxygens (including phenoxy) is 1. The summed E-state index contributed by atoms with van der Waals surface area (Å²) in [5.41, 5.74) is 3.09. The third-order valence-corrected chi connectivity index (χ3v) is 6.01. The smallest absolute Gasteiger partial charge is 0.326 e. The van der Waals surface area contributed by atoms with E-state index in [4.69, 9.17) is 9.15 Å². The molecule has 0 saturated carbocycles. The molecular formula is C28H29N3O4. The maximum absolute atomic E-state index is 13.4. The highest BCUT2D eigenvalue weighted by molar-refractivity contribution is 6.05. The summed E-state index contributed by atoms with van der Waals surface area (Å²) >= 11 is 0. The van der Waals surface area contributed by atoms with Crippen molar-refractivity contribution in [1.82, 2.24) is 9.55 Å². The van der Waals surface area contributed by atoms with Gasteiger partial charge in [0.25, 0.3) is 5.56 Å². The number of hydrogen-bond acceptors (Lipinski definition) is 6. The monoisotopic (exact) mass is 471 g/mol. The molecule has 35 heavy (non-hydrogen) atoms. The lowest BCUT2D eigenvalue weighted by Gasteiger charge is -2.21. The van der Waals surface area contributed by atoms with Gasteiger partial charge in [-0.15, -0.1) is 0 Å². The van der Waals surface area contributed by atoms with Crippen LogP contribution in [0.4, 0.5) is 5.69 Å². The quantitative estimate of drug-likeness (QED) is 0.365. The Kier molecular flexibility index (Phi) is 5.93. The third kappa shape index (κ3) is 4.85. The van der Waals surface area contributed by atoms with Gasteiger partial charge < -0.3 is 14.5 Å². The minimum absolute atomic E-state index is 0.182.